The number of aliphatic imine (C=N–C) groups is 1. The lowest BCUT2D eigenvalue weighted by Crippen LogP contribution is -2.48. The molecule has 0 aliphatic heterocycles. The first-order valence-corrected chi connectivity index (χ1v) is 40.7. The topological polar surface area (TPSA) is 331 Å². The highest BCUT2D eigenvalue weighted by Crippen LogP contribution is 2.50. The smallest absolute Gasteiger partial charge is 0.410 e. The lowest BCUT2D eigenvalue weighted by Gasteiger charge is -2.46. The molecule has 5 N–H and O–H groups in total. The molecule has 0 saturated heterocycles. The number of amides is 2. The van der Waals surface area contributed by atoms with Crippen LogP contribution in [-0.2, 0) is 66.7 Å². The summed E-state index contributed by atoms with van der Waals surface area (Å²) in [5, 5.41) is 39.8. The Hall–Kier alpha value is -4.45. The molecule has 0 bridgehead atoms. The van der Waals surface area contributed by atoms with E-state index >= 15 is 0 Å². The van der Waals surface area contributed by atoms with Crippen molar-refractivity contribution >= 4 is 96.0 Å². The van der Waals surface area contributed by atoms with Crippen LogP contribution in [0, 0.1) is 44.0 Å². The number of hydrogen-bond acceptors (Lipinski definition) is 21. The fourth-order valence-electron chi connectivity index (χ4n) is 13.8. The van der Waals surface area contributed by atoms with E-state index in [4.69, 9.17) is 55.0 Å². The number of carbonyl (C=O) groups is 7. The van der Waals surface area contributed by atoms with Crippen LogP contribution in [0.4, 0.5) is 9.59 Å². The molecule has 3 aliphatic rings. The van der Waals surface area contributed by atoms with Gasteiger partial charge in [0.25, 0.3) is 6.26 Å². The lowest BCUT2D eigenvalue weighted by atomic mass is 9.61. The summed E-state index contributed by atoms with van der Waals surface area (Å²) in [5.41, 5.74) is -0.694. The second-order valence-electron chi connectivity index (χ2n) is 28.7. The summed E-state index contributed by atoms with van der Waals surface area (Å²) < 4.78 is 45.9. The Morgan fingerprint density at radius 3 is 1.18 bits per heavy atom. The number of nitrogens with zero attached hydrogens (tertiary/aromatic N) is 2. The Morgan fingerprint density at radius 1 is 0.515 bits per heavy atom. The SMILES string of the molecule is C=CC(=O)OCCO.C=CC(=O)OCCOC(=O)CCC1(C)CC(NC(=O)OCOC(=O)NC2CC(C)(C)CC(C)(CCC(=O)OCCOC(=O)C=C)C2)CC(C)(C)C1.CC1(C)CC(OC#N)CC(C)(CN=C=O)C1.OCCCCCCCCCCCCCCCCCO.[2H]P(I)I. The first-order chi connectivity index (χ1) is 46.1. The van der Waals surface area contributed by atoms with Gasteiger partial charge in [0.15, 0.2) is 0 Å². The third-order valence-corrected chi connectivity index (χ3v) is 16.8. The lowest BCUT2D eigenvalue weighted by molar-refractivity contribution is -0.150. The van der Waals surface area contributed by atoms with Crippen LogP contribution in [0.5, 0.6) is 0 Å². The Balaban J connectivity index is 0. The minimum absolute atomic E-state index is 0.0347. The molecule has 6 atom stereocenters. The van der Waals surface area contributed by atoms with Gasteiger partial charge in [-0.2, -0.15) is 5.26 Å². The van der Waals surface area contributed by atoms with Gasteiger partial charge in [-0.3, -0.25) is 9.59 Å². The summed E-state index contributed by atoms with van der Waals surface area (Å²) in [4.78, 5) is 96.2. The highest BCUT2D eigenvalue weighted by molar-refractivity contribution is 14.3. The first kappa shape index (κ1) is 92.5. The van der Waals surface area contributed by atoms with E-state index < -0.39 is 52.6 Å². The molecule has 0 radical (unpaired) electrons. The molecular formula is C71H121I2N4O19P. The van der Waals surface area contributed by atoms with Crippen LogP contribution in [0.3, 0.4) is 0 Å². The van der Waals surface area contributed by atoms with E-state index in [2.05, 4.69) is 146 Å². The van der Waals surface area contributed by atoms with Gasteiger partial charge >= 0.3 is 42.0 Å². The van der Waals surface area contributed by atoms with Crippen LogP contribution in [0.25, 0.3) is 0 Å². The molecule has 3 fully saturated rings. The Bertz CT molecular complexity index is 2300. The molecule has 26 heteroatoms. The number of hydrogen-bond donors (Lipinski definition) is 5. The van der Waals surface area contributed by atoms with Crippen molar-refractivity contribution in [2.24, 2.45) is 37.5 Å². The number of alkyl carbamates (subject to hydrolysis) is 2. The molecule has 97 heavy (non-hydrogen) atoms. The molecule has 0 aromatic heterocycles. The monoisotopic (exact) mass is 1620 g/mol. The number of nitrogens with one attached hydrogen (secondary N) is 2. The highest BCUT2D eigenvalue weighted by atomic mass is 127. The number of nitriles is 1. The quantitative estimate of drug-likeness (QED) is 0.00363. The van der Waals surface area contributed by atoms with E-state index in [1.54, 1.807) is 12.3 Å². The van der Waals surface area contributed by atoms with Crippen LogP contribution >= 0.6 is 47.9 Å². The Morgan fingerprint density at radius 2 is 0.845 bits per heavy atom. The van der Waals surface area contributed by atoms with Gasteiger partial charge in [0.2, 0.25) is 12.9 Å². The Kier molecular flexibility index (Phi) is 52.7. The third kappa shape index (κ3) is 53.1. The zero-order valence-corrected chi connectivity index (χ0v) is 65.1. The van der Waals surface area contributed by atoms with Crippen molar-refractivity contribution < 1.29 is 91.6 Å². The van der Waals surface area contributed by atoms with Gasteiger partial charge in [-0.15, -0.1) is 0 Å². The summed E-state index contributed by atoms with van der Waals surface area (Å²) in [5.74, 6) is -2.45. The molecule has 3 rings (SSSR count). The molecule has 3 saturated carbocycles. The number of unbranched alkanes of at least 4 members (excludes halogenated alkanes) is 14. The summed E-state index contributed by atoms with van der Waals surface area (Å²) in [6.45, 7) is 29.1. The maximum Gasteiger partial charge on any atom is 0.410 e. The van der Waals surface area contributed by atoms with Crippen molar-refractivity contribution in [1.29, 1.82) is 6.54 Å². The average molecular weight is 1620 g/mol. The van der Waals surface area contributed by atoms with Gasteiger partial charge in [-0.1, -0.05) is 166 Å². The molecular weight excluding hydrogens is 1500 g/mol. The second kappa shape index (κ2) is 55.3. The highest BCUT2D eigenvalue weighted by Gasteiger charge is 2.45. The molecule has 6 unspecified atom stereocenters. The largest absolute Gasteiger partial charge is 0.462 e. The van der Waals surface area contributed by atoms with E-state index in [1.807, 2.05) is 0 Å². The van der Waals surface area contributed by atoms with Crippen LogP contribution in [-0.4, -0.2) is 149 Å². The van der Waals surface area contributed by atoms with Gasteiger partial charge < -0.3 is 63.8 Å². The van der Waals surface area contributed by atoms with Crippen LogP contribution in [0.1, 0.15) is 242 Å². The van der Waals surface area contributed by atoms with Gasteiger partial charge in [0, 0.05) is 60.2 Å². The molecule has 0 spiro atoms. The fourth-order valence-corrected chi connectivity index (χ4v) is 13.8. The molecule has 558 valence electrons. The summed E-state index contributed by atoms with van der Waals surface area (Å²) in [6.07, 6.45) is 32.9. The standard InChI is InChI=1S/C37H58N2O12.C17H36O2.C12H18N2O2.C5H8O3.HI2P/c1-9-28(40)46-15-17-48-30(42)11-13-36(7)21-26(19-34(3,4)23-36)38-32(44)50-25-51-33(45)39-27-20-35(5,6)24-37(8,22-27)14-12-31(43)49-18-16-47-29(41)10-2;18-16-14-12-10-8-6-4-2-1-3-5-7-9-11-13-15-17-19;1-11(2)4-10(16-8-13)5-12(3,6-11)7-14-9-15;1-2-5(7)8-4-3-6;1-3-2/h9-10,26-27H,1-2,11-25H2,3-8H3,(H,38,44)(H,39,45);18-19H,1-17H2;10H,4-7H2,1-3H3;2,6H,1,3-4H2;3H/i;;;;3D. The van der Waals surface area contributed by atoms with Gasteiger partial charge in [-0.05, 0) is 160 Å². The van der Waals surface area contributed by atoms with Gasteiger partial charge in [0.05, 0.1) is 14.4 Å². The molecule has 0 aromatic rings. The number of aliphatic hydroxyl groups is 3. The summed E-state index contributed by atoms with van der Waals surface area (Å²) >= 11 is 4.12. The number of ether oxygens (including phenoxy) is 8. The predicted molar refractivity (Wildman–Crippen MR) is 393 cm³/mol. The molecule has 0 aromatic carbocycles. The number of aliphatic hydroxyl groups excluding tert-OH is 3. The minimum Gasteiger partial charge on any atom is -0.462 e. The second-order valence-corrected chi connectivity index (χ2v) is 37.2. The average Bonchev–Trinajstić information content (AvgIpc) is 0.814. The Labute approximate surface area is 609 Å². The van der Waals surface area contributed by atoms with E-state index in [0.717, 1.165) is 63.2 Å². The first-order valence-electron chi connectivity index (χ1n) is 34.6. The number of carbonyl (C=O) groups excluding carboxylic acids is 8. The van der Waals surface area contributed by atoms with E-state index in [1.165, 1.54) is 83.5 Å². The van der Waals surface area contributed by atoms with E-state index in [9.17, 15) is 38.4 Å². The molecule has 0 heterocycles. The van der Waals surface area contributed by atoms with Gasteiger partial charge in [-0.25, -0.2) is 33.8 Å². The van der Waals surface area contributed by atoms with Crippen LogP contribution < -0.4 is 10.6 Å². The maximum atomic E-state index is 12.7. The zero-order valence-electron chi connectivity index (χ0n) is 60.9. The van der Waals surface area contributed by atoms with E-state index in [0.29, 0.717) is 58.3 Å². The van der Waals surface area contributed by atoms with Crippen LogP contribution in [0.15, 0.2) is 43.0 Å². The molecule has 3 aliphatic carbocycles. The van der Waals surface area contributed by atoms with Crippen molar-refractivity contribution in [2.75, 3.05) is 66.2 Å². The number of isocyanates is 1. The molecule has 2 amide bonds. The van der Waals surface area contributed by atoms with Crippen molar-refractivity contribution in [1.82, 2.24) is 10.6 Å². The summed E-state index contributed by atoms with van der Waals surface area (Å²) in [6, 6.07) is -0.438. The number of esters is 5. The van der Waals surface area contributed by atoms with Crippen LogP contribution in [0.2, 0.25) is 0 Å². The maximum absolute atomic E-state index is 12.7. The predicted octanol–water partition coefficient (Wildman–Crippen LogP) is 15.0. The molecule has 23 nitrogen and oxygen atoms in total. The van der Waals surface area contributed by atoms with Crippen molar-refractivity contribution in [3.8, 4) is 6.26 Å². The van der Waals surface area contributed by atoms with Crippen molar-refractivity contribution in [3.63, 3.8) is 0 Å². The zero-order chi connectivity index (χ0) is 74.5. The number of halogens is 2. The third-order valence-electron chi connectivity index (χ3n) is 16.8. The minimum atomic E-state index is -0.710. The van der Waals surface area contributed by atoms with E-state index in [-0.39, 0.29) is 103 Å². The number of rotatable bonds is 40. The normalized spacial score (nSPS) is 21.6. The van der Waals surface area contributed by atoms with Gasteiger partial charge in [0.1, 0.15) is 39.1 Å². The summed E-state index contributed by atoms with van der Waals surface area (Å²) in [7, 11) is 0. The fraction of sp³-hybridized carbons (Fsp3) is 0.789. The van der Waals surface area contributed by atoms with Crippen molar-refractivity contribution in [3.05, 3.63) is 38.0 Å². The van der Waals surface area contributed by atoms with Crippen molar-refractivity contribution in [2.45, 2.75) is 260 Å².